The number of hydrogen-bond donors (Lipinski definition) is 0. The molecule has 0 radical (unpaired) electrons. The van der Waals surface area contributed by atoms with Crippen LogP contribution in [0.4, 0.5) is 0 Å². The van der Waals surface area contributed by atoms with Crippen LogP contribution in [0.3, 0.4) is 0 Å². The van der Waals surface area contributed by atoms with Crippen LogP contribution < -0.4 is 0 Å². The predicted molar refractivity (Wildman–Crippen MR) is 131 cm³/mol. The van der Waals surface area contributed by atoms with Crippen molar-refractivity contribution in [2.75, 3.05) is 26.2 Å². The third kappa shape index (κ3) is 116. The maximum Gasteiger partial charge on any atom is 4.00 e. The second-order valence-electron chi connectivity index (χ2n) is 6.77. The smallest absolute Gasteiger partial charge is 0.356 e. The number of quaternary nitrogens is 1. The molecule has 0 atom stereocenters. The van der Waals surface area contributed by atoms with Crippen LogP contribution in [0.15, 0.2) is 0 Å². The van der Waals surface area contributed by atoms with Crippen LogP contribution in [-0.4, -0.2) is 56.1 Å². The molecule has 0 N–H and O–H groups in total. The largest absolute Gasteiger partial charge is 4.00 e. The van der Waals surface area contributed by atoms with E-state index in [2.05, 4.69) is 27.7 Å². The van der Waals surface area contributed by atoms with Gasteiger partial charge >= 0.3 is 41.7 Å². The van der Waals surface area contributed by atoms with Gasteiger partial charge in [-0.05, 0) is 25.7 Å². The van der Waals surface area contributed by atoms with E-state index in [4.69, 9.17) is 76.6 Å². The molecule has 0 spiro atoms. The Morgan fingerprint density at radius 2 is 0.500 bits per heavy atom. The van der Waals surface area contributed by atoms with Crippen molar-refractivity contribution in [2.24, 2.45) is 0 Å². The van der Waals surface area contributed by atoms with E-state index in [0.29, 0.717) is 0 Å². The minimum absolute atomic E-state index is 0. The van der Waals surface area contributed by atoms with Crippen molar-refractivity contribution < 1.29 is 71.7 Å². The minimum Gasteiger partial charge on any atom is -0.356 e. The molecule has 0 saturated carbocycles. The number of rotatable bonds is 12. The molecular weight excluding hydrogens is 656 g/mol. The van der Waals surface area contributed by atoms with E-state index in [1.54, 1.807) is 0 Å². The zero-order chi connectivity index (χ0) is 30.9. The van der Waals surface area contributed by atoms with Crippen molar-refractivity contribution in [2.45, 2.75) is 79.1 Å². The Labute approximate surface area is 252 Å². The molecule has 0 aromatic rings. The summed E-state index contributed by atoms with van der Waals surface area (Å²) in [5.74, 6) is 0. The van der Waals surface area contributed by atoms with Crippen LogP contribution in [0.25, 0.3) is 0 Å². The molecule has 0 heterocycles. The Balaban J connectivity index is -0.0000000746. The zero-order valence-corrected chi connectivity index (χ0v) is 24.9. The molecule has 0 saturated heterocycles. The number of unbranched alkanes of at least 4 members (excludes halogenated alkanes) is 4. The van der Waals surface area contributed by atoms with Crippen molar-refractivity contribution >= 4 is 0 Å². The van der Waals surface area contributed by atoms with Gasteiger partial charge in [-0.25, -0.2) is 0 Å². The van der Waals surface area contributed by atoms with E-state index in [9.17, 15) is 0 Å². The first-order chi connectivity index (χ1) is 16.9. The summed E-state index contributed by atoms with van der Waals surface area (Å²) in [6, 6.07) is 0. The van der Waals surface area contributed by atoms with Gasteiger partial charge in [0, 0.05) is 0 Å². The summed E-state index contributed by atoms with van der Waals surface area (Å²) in [6.45, 7) is 15.0. The van der Waals surface area contributed by atoms with E-state index in [1.165, 1.54) is 82.0 Å². The van der Waals surface area contributed by atoms with Crippen molar-refractivity contribution in [1.82, 2.24) is 0 Å². The molecule has 0 rings (SSSR count). The second-order valence-corrected chi connectivity index (χ2v) is 6.77. The Hall–Kier alpha value is -2.66. The molecule has 0 aromatic carbocycles. The van der Waals surface area contributed by atoms with Crippen molar-refractivity contribution in [1.29, 1.82) is 0 Å². The Bertz CT molecular complexity index is 448. The van der Waals surface area contributed by atoms with E-state index in [-0.39, 0.29) is 41.7 Å². The van der Waals surface area contributed by atoms with Crippen LogP contribution >= 0.6 is 0 Å². The maximum absolute atomic E-state index is 8.25. The SMILES string of the molecule is CCCC[N+](CCCC)(CCCC)CCCC.O=[N+]([O-])[O-].O=[N+]([O-])[O-].O=[N+]([O-])[O-].O=[N+]([O-])[O-].O=[N+]([O-])[O-].[Ce+4]. The monoisotopic (exact) mass is 692 g/mol. The molecule has 0 aromatic heterocycles. The first kappa shape index (κ1) is 51.9. The van der Waals surface area contributed by atoms with Crippen molar-refractivity contribution in [3.05, 3.63) is 76.6 Å². The van der Waals surface area contributed by atoms with Crippen LogP contribution in [0.2, 0.25) is 0 Å². The number of hydrogen-bond acceptors (Lipinski definition) is 15. The van der Waals surface area contributed by atoms with Crippen LogP contribution in [0, 0.1) is 118 Å². The average molecular weight is 693 g/mol. The van der Waals surface area contributed by atoms with E-state index < -0.39 is 25.4 Å². The van der Waals surface area contributed by atoms with Crippen LogP contribution in [-0.2, 0) is 0 Å². The van der Waals surface area contributed by atoms with Crippen molar-refractivity contribution in [3.63, 3.8) is 0 Å². The van der Waals surface area contributed by atoms with Crippen LogP contribution in [0.5, 0.6) is 0 Å². The molecule has 21 nitrogen and oxygen atoms in total. The van der Waals surface area contributed by atoms with Gasteiger partial charge in [-0.2, -0.15) is 0 Å². The van der Waals surface area contributed by atoms with Gasteiger partial charge in [-0.3, -0.25) is 0 Å². The molecule has 224 valence electrons. The standard InChI is InChI=1S/C16H36N.Ce.5NO3/c1-5-9-13-17(14-10-6-2,15-11-7-3)16-12-8-4;;5*2-1(3)4/h5-16H2,1-4H3;;;;;;/q+1;+4;5*-1. The third-order valence-electron chi connectivity index (χ3n) is 3.94. The number of nitrogens with zero attached hydrogens (tertiary/aromatic N) is 6. The van der Waals surface area contributed by atoms with Gasteiger partial charge in [0.2, 0.25) is 0 Å². The fourth-order valence-electron chi connectivity index (χ4n) is 2.64. The van der Waals surface area contributed by atoms with Gasteiger partial charge in [-0.15, -0.1) is 0 Å². The van der Waals surface area contributed by atoms with Gasteiger partial charge in [-0.1, -0.05) is 53.4 Å². The van der Waals surface area contributed by atoms with E-state index in [1.807, 2.05) is 0 Å². The molecule has 22 heteroatoms. The minimum atomic E-state index is -1.75. The summed E-state index contributed by atoms with van der Waals surface area (Å²) < 4.78 is 1.42. The Kier molecular flexibility index (Phi) is 56.6. The quantitative estimate of drug-likeness (QED) is 0.159. The van der Waals surface area contributed by atoms with Gasteiger partial charge in [0.1, 0.15) is 0 Å². The summed E-state index contributed by atoms with van der Waals surface area (Å²) in [5, 5.41) is 73.8. The fraction of sp³-hybridized carbons (Fsp3) is 1.00. The normalized spacial score (nSPS) is 8.53. The summed E-state index contributed by atoms with van der Waals surface area (Å²) >= 11 is 0. The molecule has 0 aliphatic carbocycles. The van der Waals surface area contributed by atoms with Gasteiger partial charge in [0.05, 0.1) is 51.6 Å². The third-order valence-corrected chi connectivity index (χ3v) is 3.94. The average Bonchev–Trinajstić information content (AvgIpc) is 2.71. The molecular formula is C16H36CeN6O15. The van der Waals surface area contributed by atoms with E-state index >= 15 is 0 Å². The van der Waals surface area contributed by atoms with Gasteiger partial charge in [0.25, 0.3) is 0 Å². The van der Waals surface area contributed by atoms with Crippen LogP contribution in [0.1, 0.15) is 79.1 Å². The molecule has 0 aliphatic rings. The molecule has 0 fully saturated rings. The topological polar surface area (TPSA) is 331 Å². The molecule has 0 amide bonds. The second kappa shape index (κ2) is 41.5. The summed E-state index contributed by atoms with van der Waals surface area (Å²) in [5.41, 5.74) is 0. The molecule has 0 unspecified atom stereocenters. The zero-order valence-electron chi connectivity index (χ0n) is 21.8. The van der Waals surface area contributed by atoms with Gasteiger partial charge in [0.15, 0.2) is 0 Å². The molecule has 0 aliphatic heterocycles. The summed E-state index contributed by atoms with van der Waals surface area (Å²) in [4.78, 5) is 41.2. The van der Waals surface area contributed by atoms with E-state index in [0.717, 1.165) is 0 Å². The van der Waals surface area contributed by atoms with Gasteiger partial charge < -0.3 is 81.1 Å². The first-order valence-electron chi connectivity index (χ1n) is 10.8. The summed E-state index contributed by atoms with van der Waals surface area (Å²) in [6.07, 6.45) is 11.1. The molecule has 38 heavy (non-hydrogen) atoms. The molecule has 0 bridgehead atoms. The summed E-state index contributed by atoms with van der Waals surface area (Å²) in [7, 11) is 0. The first-order valence-corrected chi connectivity index (χ1v) is 10.8. The fourth-order valence-corrected chi connectivity index (χ4v) is 2.64. The van der Waals surface area contributed by atoms with Crippen molar-refractivity contribution in [3.8, 4) is 0 Å². The maximum atomic E-state index is 8.25. The predicted octanol–water partition coefficient (Wildman–Crippen LogP) is 3.81. The Morgan fingerprint density at radius 3 is 0.579 bits per heavy atom. The Morgan fingerprint density at radius 1 is 0.395 bits per heavy atom.